The zero-order valence-electron chi connectivity index (χ0n) is 11.2. The van der Waals surface area contributed by atoms with Crippen LogP contribution < -0.4 is 10.0 Å². The Morgan fingerprint density at radius 1 is 1.40 bits per heavy atom. The van der Waals surface area contributed by atoms with E-state index in [0.717, 1.165) is 0 Å². The molecule has 0 saturated heterocycles. The number of pyridine rings is 1. The first kappa shape index (κ1) is 14.8. The van der Waals surface area contributed by atoms with Crippen LogP contribution in [0.2, 0.25) is 0 Å². The van der Waals surface area contributed by atoms with Crippen LogP contribution >= 0.6 is 15.9 Å². The summed E-state index contributed by atoms with van der Waals surface area (Å²) in [5.74, 6) is 0.280. The molecule has 0 saturated carbocycles. The SMILES string of the molecule is CNc1ncc(Br)cc1S(=O)(=O)Nc1cn(C)nc1C. The Morgan fingerprint density at radius 3 is 2.65 bits per heavy atom. The lowest BCUT2D eigenvalue weighted by atomic mass is 10.4. The zero-order valence-corrected chi connectivity index (χ0v) is 13.6. The van der Waals surface area contributed by atoms with Gasteiger partial charge in [-0.1, -0.05) is 0 Å². The highest BCUT2D eigenvalue weighted by molar-refractivity contribution is 9.10. The molecule has 108 valence electrons. The van der Waals surface area contributed by atoms with Gasteiger partial charge in [0, 0.05) is 31.0 Å². The fourth-order valence-corrected chi connectivity index (χ4v) is 3.49. The zero-order chi connectivity index (χ0) is 14.9. The topological polar surface area (TPSA) is 88.9 Å². The predicted molar refractivity (Wildman–Crippen MR) is 80.2 cm³/mol. The summed E-state index contributed by atoms with van der Waals surface area (Å²) in [6, 6.07) is 1.49. The minimum atomic E-state index is -3.75. The molecule has 0 spiro atoms. The van der Waals surface area contributed by atoms with Crippen LogP contribution in [0.4, 0.5) is 11.5 Å². The van der Waals surface area contributed by atoms with Crippen LogP contribution in [0, 0.1) is 6.92 Å². The van der Waals surface area contributed by atoms with Gasteiger partial charge in [0.15, 0.2) is 0 Å². The van der Waals surface area contributed by atoms with Gasteiger partial charge in [-0.2, -0.15) is 5.10 Å². The van der Waals surface area contributed by atoms with Gasteiger partial charge in [0.25, 0.3) is 10.0 Å². The molecule has 2 aromatic heterocycles. The van der Waals surface area contributed by atoms with Gasteiger partial charge in [0.05, 0.1) is 11.4 Å². The quantitative estimate of drug-likeness (QED) is 0.867. The fraction of sp³-hybridized carbons (Fsp3) is 0.273. The van der Waals surface area contributed by atoms with E-state index in [0.29, 0.717) is 15.9 Å². The number of aryl methyl sites for hydroxylation is 2. The third-order valence-electron chi connectivity index (χ3n) is 2.60. The second-order valence-electron chi connectivity index (χ2n) is 4.16. The molecule has 2 N–H and O–H groups in total. The molecule has 0 aliphatic heterocycles. The van der Waals surface area contributed by atoms with Crippen LogP contribution in [0.3, 0.4) is 0 Å². The molecule has 0 radical (unpaired) electrons. The molecule has 7 nitrogen and oxygen atoms in total. The van der Waals surface area contributed by atoms with Crippen molar-refractivity contribution in [3.8, 4) is 0 Å². The van der Waals surface area contributed by atoms with Crippen molar-refractivity contribution < 1.29 is 8.42 Å². The van der Waals surface area contributed by atoms with E-state index >= 15 is 0 Å². The largest absolute Gasteiger partial charge is 0.372 e. The molecule has 0 aliphatic rings. The molecule has 9 heteroatoms. The summed E-state index contributed by atoms with van der Waals surface area (Å²) >= 11 is 3.22. The highest BCUT2D eigenvalue weighted by Crippen LogP contribution is 2.25. The Balaban J connectivity index is 2.45. The highest BCUT2D eigenvalue weighted by atomic mass is 79.9. The molecule has 2 rings (SSSR count). The van der Waals surface area contributed by atoms with Crippen molar-refractivity contribution in [2.75, 3.05) is 17.1 Å². The lowest BCUT2D eigenvalue weighted by molar-refractivity contribution is 0.601. The van der Waals surface area contributed by atoms with Crippen molar-refractivity contribution in [1.82, 2.24) is 14.8 Å². The highest BCUT2D eigenvalue weighted by Gasteiger charge is 2.21. The Kier molecular flexibility index (Phi) is 4.00. The van der Waals surface area contributed by atoms with Gasteiger partial charge in [0.1, 0.15) is 10.7 Å². The summed E-state index contributed by atoms with van der Waals surface area (Å²) in [5, 5.41) is 6.86. The summed E-state index contributed by atoms with van der Waals surface area (Å²) < 4.78 is 29.5. The molecule has 0 bridgehead atoms. The van der Waals surface area contributed by atoms with Gasteiger partial charge >= 0.3 is 0 Å². The standard InChI is InChI=1S/C11H14BrN5O2S/c1-7-9(6-17(3)15-7)16-20(18,19)10-4-8(12)5-14-11(10)13-2/h4-6,16H,1-3H3,(H,13,14). The van der Waals surface area contributed by atoms with Crippen LogP contribution in [0.15, 0.2) is 27.8 Å². The first-order valence-electron chi connectivity index (χ1n) is 5.70. The first-order chi connectivity index (χ1) is 9.33. The summed E-state index contributed by atoms with van der Waals surface area (Å²) in [6.45, 7) is 1.73. The van der Waals surface area contributed by atoms with Gasteiger partial charge in [-0.15, -0.1) is 0 Å². The third-order valence-corrected chi connectivity index (χ3v) is 4.42. The van der Waals surface area contributed by atoms with E-state index in [1.165, 1.54) is 12.3 Å². The number of rotatable bonds is 4. The summed E-state index contributed by atoms with van der Waals surface area (Å²) in [6.07, 6.45) is 3.14. The molecule has 0 aromatic carbocycles. The van der Waals surface area contributed by atoms with E-state index in [2.05, 4.69) is 36.1 Å². The van der Waals surface area contributed by atoms with E-state index in [1.54, 1.807) is 31.9 Å². The number of hydrogen-bond donors (Lipinski definition) is 2. The van der Waals surface area contributed by atoms with Crippen LogP contribution in [-0.4, -0.2) is 30.2 Å². The molecule has 0 amide bonds. The summed E-state index contributed by atoms with van der Waals surface area (Å²) in [4.78, 5) is 4.10. The minimum absolute atomic E-state index is 0.0672. The molecule has 0 atom stereocenters. The monoisotopic (exact) mass is 359 g/mol. The van der Waals surface area contributed by atoms with Crippen LogP contribution in [0.1, 0.15) is 5.69 Å². The van der Waals surface area contributed by atoms with Gasteiger partial charge in [-0.25, -0.2) is 13.4 Å². The number of anilines is 2. The molecule has 0 fully saturated rings. The average molecular weight is 360 g/mol. The van der Waals surface area contributed by atoms with E-state index in [9.17, 15) is 8.42 Å². The fourth-order valence-electron chi connectivity index (χ4n) is 1.71. The Bertz CT molecular complexity index is 741. The number of nitrogens with one attached hydrogen (secondary N) is 2. The second-order valence-corrected chi connectivity index (χ2v) is 6.72. The van der Waals surface area contributed by atoms with Gasteiger partial charge in [-0.05, 0) is 28.9 Å². The maximum absolute atomic E-state index is 12.4. The van der Waals surface area contributed by atoms with Crippen molar-refractivity contribution in [2.45, 2.75) is 11.8 Å². The molecular formula is C11H14BrN5O2S. The first-order valence-corrected chi connectivity index (χ1v) is 7.97. The maximum Gasteiger partial charge on any atom is 0.265 e. The molecule has 0 aliphatic carbocycles. The van der Waals surface area contributed by atoms with Crippen LogP contribution in [0.25, 0.3) is 0 Å². The van der Waals surface area contributed by atoms with Crippen LogP contribution in [0.5, 0.6) is 0 Å². The maximum atomic E-state index is 12.4. The lowest BCUT2D eigenvalue weighted by Crippen LogP contribution is -2.15. The smallest absolute Gasteiger partial charge is 0.265 e. The molecule has 2 aromatic rings. The second kappa shape index (κ2) is 5.41. The summed E-state index contributed by atoms with van der Waals surface area (Å²) in [7, 11) is -0.404. The molecule has 2 heterocycles. The molecule has 20 heavy (non-hydrogen) atoms. The normalized spacial score (nSPS) is 11.4. The minimum Gasteiger partial charge on any atom is -0.372 e. The van der Waals surface area contributed by atoms with Crippen molar-refractivity contribution in [3.63, 3.8) is 0 Å². The van der Waals surface area contributed by atoms with Gasteiger partial charge in [0.2, 0.25) is 0 Å². The summed E-state index contributed by atoms with van der Waals surface area (Å²) in [5.41, 5.74) is 1.04. The number of hydrogen-bond acceptors (Lipinski definition) is 5. The Morgan fingerprint density at radius 2 is 2.10 bits per heavy atom. The third kappa shape index (κ3) is 2.93. The van der Waals surface area contributed by atoms with E-state index in [1.807, 2.05) is 0 Å². The lowest BCUT2D eigenvalue weighted by Gasteiger charge is -2.11. The predicted octanol–water partition coefficient (Wildman–Crippen LogP) is 1.73. The number of halogens is 1. The van der Waals surface area contributed by atoms with Crippen LogP contribution in [-0.2, 0) is 17.1 Å². The van der Waals surface area contributed by atoms with Gasteiger partial charge in [-0.3, -0.25) is 9.40 Å². The van der Waals surface area contributed by atoms with E-state index in [4.69, 9.17) is 0 Å². The Labute approximate surface area is 125 Å². The molecule has 0 unspecified atom stereocenters. The van der Waals surface area contributed by atoms with E-state index in [-0.39, 0.29) is 10.7 Å². The number of nitrogens with zero attached hydrogens (tertiary/aromatic N) is 3. The number of sulfonamides is 1. The average Bonchev–Trinajstić information content (AvgIpc) is 2.67. The van der Waals surface area contributed by atoms with E-state index < -0.39 is 10.0 Å². The van der Waals surface area contributed by atoms with Crippen molar-refractivity contribution >= 4 is 37.5 Å². The number of aromatic nitrogens is 3. The van der Waals surface area contributed by atoms with Crippen molar-refractivity contribution in [2.24, 2.45) is 7.05 Å². The van der Waals surface area contributed by atoms with Crippen molar-refractivity contribution in [1.29, 1.82) is 0 Å². The van der Waals surface area contributed by atoms with Crippen molar-refractivity contribution in [3.05, 3.63) is 28.6 Å². The molecular weight excluding hydrogens is 346 g/mol. The Hall–Kier alpha value is -1.61. The van der Waals surface area contributed by atoms with Gasteiger partial charge < -0.3 is 5.32 Å².